The second-order valence-electron chi connectivity index (χ2n) is 6.21. The van der Waals surface area contributed by atoms with E-state index >= 15 is 0 Å². The maximum Gasteiger partial charge on any atom is 0.407 e. The number of hydrogen-bond donors (Lipinski definition) is 2. The van der Waals surface area contributed by atoms with Gasteiger partial charge in [-0.25, -0.2) is 4.79 Å². The van der Waals surface area contributed by atoms with Gasteiger partial charge in [-0.2, -0.15) is 0 Å². The van der Waals surface area contributed by atoms with Gasteiger partial charge in [-0.05, 0) is 33.6 Å². The number of alkyl carbamates (subject to hydrolysis) is 1. The third-order valence-corrected chi connectivity index (χ3v) is 2.66. The molecule has 7 heteroatoms. The Balaban J connectivity index is 3.57. The van der Waals surface area contributed by atoms with Crippen molar-refractivity contribution in [1.82, 2.24) is 10.6 Å². The van der Waals surface area contributed by atoms with Crippen LogP contribution in [0.3, 0.4) is 0 Å². The summed E-state index contributed by atoms with van der Waals surface area (Å²) in [5, 5.41) is 5.21. The van der Waals surface area contributed by atoms with Crippen molar-refractivity contribution in [1.29, 1.82) is 0 Å². The zero-order valence-electron chi connectivity index (χ0n) is 14.7. The van der Waals surface area contributed by atoms with E-state index in [1.54, 1.807) is 20.8 Å². The number of rotatable bonds is 10. The Morgan fingerprint density at radius 2 is 1.61 bits per heavy atom. The molecule has 0 radical (unpaired) electrons. The summed E-state index contributed by atoms with van der Waals surface area (Å²) < 4.78 is 10.1. The maximum absolute atomic E-state index is 11.6. The third kappa shape index (κ3) is 14.9. The summed E-state index contributed by atoms with van der Waals surface area (Å²) in [5.74, 6) is -0.421. The maximum atomic E-state index is 11.6. The molecule has 0 unspecified atom stereocenters. The minimum absolute atomic E-state index is 0.155. The van der Waals surface area contributed by atoms with Gasteiger partial charge in [0.05, 0.1) is 6.61 Å². The molecule has 0 aromatic heterocycles. The topological polar surface area (TPSA) is 93.7 Å². The predicted molar refractivity (Wildman–Crippen MR) is 87.0 cm³/mol. The molecule has 0 aromatic rings. The van der Waals surface area contributed by atoms with E-state index in [0.29, 0.717) is 26.1 Å². The molecule has 0 aliphatic heterocycles. The minimum Gasteiger partial charge on any atom is -0.466 e. The molecular formula is C16H30N2O5. The van der Waals surface area contributed by atoms with E-state index < -0.39 is 11.7 Å². The van der Waals surface area contributed by atoms with E-state index in [-0.39, 0.29) is 24.7 Å². The lowest BCUT2D eigenvalue weighted by Crippen LogP contribution is -2.37. The van der Waals surface area contributed by atoms with Gasteiger partial charge in [-0.1, -0.05) is 13.3 Å². The van der Waals surface area contributed by atoms with Crippen LogP contribution in [0.4, 0.5) is 4.79 Å². The zero-order valence-corrected chi connectivity index (χ0v) is 14.7. The first kappa shape index (κ1) is 21.2. The van der Waals surface area contributed by atoms with Crippen LogP contribution in [0.5, 0.6) is 0 Å². The molecule has 0 spiro atoms. The Bertz CT molecular complexity index is 377. The van der Waals surface area contributed by atoms with Gasteiger partial charge in [-0.15, -0.1) is 0 Å². The summed E-state index contributed by atoms with van der Waals surface area (Å²) in [4.78, 5) is 34.2. The average Bonchev–Trinajstić information content (AvgIpc) is 2.42. The number of amides is 2. The molecule has 0 heterocycles. The highest BCUT2D eigenvalue weighted by Gasteiger charge is 2.15. The van der Waals surface area contributed by atoms with Gasteiger partial charge < -0.3 is 20.1 Å². The third-order valence-electron chi connectivity index (χ3n) is 2.66. The van der Waals surface area contributed by atoms with Crippen LogP contribution in [0.1, 0.15) is 59.8 Å². The number of nitrogens with one attached hydrogen (secondary N) is 2. The second kappa shape index (κ2) is 11.7. The highest BCUT2D eigenvalue weighted by molar-refractivity contribution is 5.77. The first-order valence-electron chi connectivity index (χ1n) is 8.13. The van der Waals surface area contributed by atoms with Crippen LogP contribution in [0.15, 0.2) is 0 Å². The quantitative estimate of drug-likeness (QED) is 0.473. The molecule has 0 rings (SSSR count). The fourth-order valence-corrected chi connectivity index (χ4v) is 1.56. The molecule has 23 heavy (non-hydrogen) atoms. The van der Waals surface area contributed by atoms with E-state index in [9.17, 15) is 14.4 Å². The van der Waals surface area contributed by atoms with Gasteiger partial charge in [0.15, 0.2) is 0 Å². The highest BCUT2D eigenvalue weighted by atomic mass is 16.6. The standard InChI is InChI=1S/C16H30N2O5/c1-5-6-12-22-14(20)9-7-8-13(19)17-10-11-18-15(21)23-16(2,3)4/h5-12H2,1-4H3,(H,17,19)(H,18,21). The molecule has 0 saturated heterocycles. The predicted octanol–water partition coefficient (Wildman–Crippen LogP) is 2.14. The van der Waals surface area contributed by atoms with Crippen molar-refractivity contribution in [3.63, 3.8) is 0 Å². The van der Waals surface area contributed by atoms with Crippen molar-refractivity contribution in [2.24, 2.45) is 0 Å². The van der Waals surface area contributed by atoms with E-state index in [1.165, 1.54) is 0 Å². The van der Waals surface area contributed by atoms with Gasteiger partial charge >= 0.3 is 12.1 Å². The number of hydrogen-bond acceptors (Lipinski definition) is 5. The van der Waals surface area contributed by atoms with Crippen molar-refractivity contribution >= 4 is 18.0 Å². The van der Waals surface area contributed by atoms with Crippen LogP contribution in [-0.2, 0) is 19.1 Å². The molecule has 0 fully saturated rings. The van der Waals surface area contributed by atoms with Gasteiger partial charge in [0.25, 0.3) is 0 Å². The van der Waals surface area contributed by atoms with Crippen molar-refractivity contribution < 1.29 is 23.9 Å². The SMILES string of the molecule is CCCCOC(=O)CCCC(=O)NCCNC(=O)OC(C)(C)C. The lowest BCUT2D eigenvalue weighted by atomic mass is 10.2. The molecule has 0 atom stereocenters. The Hall–Kier alpha value is -1.79. The van der Waals surface area contributed by atoms with Crippen LogP contribution < -0.4 is 10.6 Å². The first-order valence-corrected chi connectivity index (χ1v) is 8.13. The molecule has 134 valence electrons. The molecule has 0 bridgehead atoms. The number of carbonyl (C=O) groups is 3. The summed E-state index contributed by atoms with van der Waals surface area (Å²) in [6, 6.07) is 0. The van der Waals surface area contributed by atoms with Gasteiger partial charge in [-0.3, -0.25) is 9.59 Å². The highest BCUT2D eigenvalue weighted by Crippen LogP contribution is 2.06. The van der Waals surface area contributed by atoms with Crippen molar-refractivity contribution in [3.05, 3.63) is 0 Å². The van der Waals surface area contributed by atoms with Gasteiger partial charge in [0, 0.05) is 25.9 Å². The molecule has 0 saturated carbocycles. The number of ether oxygens (including phenoxy) is 2. The summed E-state index contributed by atoms with van der Waals surface area (Å²) in [7, 11) is 0. The number of carbonyl (C=O) groups excluding carboxylic acids is 3. The molecule has 0 aromatic carbocycles. The lowest BCUT2D eigenvalue weighted by molar-refractivity contribution is -0.143. The monoisotopic (exact) mass is 330 g/mol. The van der Waals surface area contributed by atoms with E-state index in [0.717, 1.165) is 12.8 Å². The van der Waals surface area contributed by atoms with Crippen LogP contribution in [0.2, 0.25) is 0 Å². The van der Waals surface area contributed by atoms with E-state index in [1.807, 2.05) is 6.92 Å². The molecule has 2 amide bonds. The number of esters is 1. The fraction of sp³-hybridized carbons (Fsp3) is 0.812. The van der Waals surface area contributed by atoms with E-state index in [2.05, 4.69) is 10.6 Å². The Kier molecular flexibility index (Phi) is 10.8. The van der Waals surface area contributed by atoms with Gasteiger partial charge in [0.1, 0.15) is 5.60 Å². The van der Waals surface area contributed by atoms with Crippen molar-refractivity contribution in [2.45, 2.75) is 65.4 Å². The van der Waals surface area contributed by atoms with E-state index in [4.69, 9.17) is 9.47 Å². The smallest absolute Gasteiger partial charge is 0.407 e. The molecule has 2 N–H and O–H groups in total. The van der Waals surface area contributed by atoms with Crippen molar-refractivity contribution in [3.8, 4) is 0 Å². The summed E-state index contributed by atoms with van der Waals surface area (Å²) in [6.07, 6.45) is 2.28. The Morgan fingerprint density at radius 3 is 2.22 bits per heavy atom. The lowest BCUT2D eigenvalue weighted by Gasteiger charge is -2.19. The Morgan fingerprint density at radius 1 is 0.957 bits per heavy atom. The summed E-state index contributed by atoms with van der Waals surface area (Å²) >= 11 is 0. The average molecular weight is 330 g/mol. The minimum atomic E-state index is -0.543. The largest absolute Gasteiger partial charge is 0.466 e. The number of unbranched alkanes of at least 4 members (excludes halogenated alkanes) is 1. The zero-order chi connectivity index (χ0) is 17.7. The fourth-order valence-electron chi connectivity index (χ4n) is 1.56. The second-order valence-corrected chi connectivity index (χ2v) is 6.21. The van der Waals surface area contributed by atoms with Crippen LogP contribution in [0.25, 0.3) is 0 Å². The molecule has 0 aliphatic rings. The molecule has 7 nitrogen and oxygen atoms in total. The van der Waals surface area contributed by atoms with Crippen molar-refractivity contribution in [2.75, 3.05) is 19.7 Å². The Labute approximate surface area is 138 Å². The van der Waals surface area contributed by atoms with Crippen LogP contribution in [-0.4, -0.2) is 43.3 Å². The summed E-state index contributed by atoms with van der Waals surface area (Å²) in [6.45, 7) is 8.41. The first-order chi connectivity index (χ1) is 10.7. The summed E-state index contributed by atoms with van der Waals surface area (Å²) in [5.41, 5.74) is -0.543. The van der Waals surface area contributed by atoms with Crippen LogP contribution in [0, 0.1) is 0 Å². The molecular weight excluding hydrogens is 300 g/mol. The van der Waals surface area contributed by atoms with Crippen LogP contribution >= 0.6 is 0 Å². The molecule has 0 aliphatic carbocycles. The normalized spacial score (nSPS) is 10.8. The van der Waals surface area contributed by atoms with Gasteiger partial charge in [0.2, 0.25) is 5.91 Å².